The Morgan fingerprint density at radius 1 is 1.44 bits per heavy atom. The van der Waals surface area contributed by atoms with Crippen molar-refractivity contribution < 1.29 is 27.4 Å². The van der Waals surface area contributed by atoms with Gasteiger partial charge in [-0.2, -0.15) is 0 Å². The summed E-state index contributed by atoms with van der Waals surface area (Å²) in [5.41, 5.74) is 0. The fraction of sp³-hybridized carbons (Fsp3) is 0.727. The number of hydrogen-bond acceptors (Lipinski definition) is 3. The number of amides is 1. The lowest BCUT2D eigenvalue weighted by molar-refractivity contribution is -0.348. The number of carbonyl (C=O) groups is 1. The molecule has 0 aromatic heterocycles. The number of carbonyl (C=O) groups excluding carboxylic acids is 1. The molecular formula is C11H12F3NO3. The molecule has 1 aliphatic heterocycles. The summed E-state index contributed by atoms with van der Waals surface area (Å²) in [6, 6.07) is -1.03. The van der Waals surface area contributed by atoms with E-state index in [1.807, 2.05) is 0 Å². The largest absolute Gasteiger partial charge is 0.522 e. The lowest BCUT2D eigenvalue weighted by atomic mass is 9.96. The Labute approximate surface area is 102 Å². The molecule has 1 heterocycles. The molecular weight excluding hydrogens is 251 g/mol. The molecule has 0 aromatic rings. The zero-order valence-electron chi connectivity index (χ0n) is 9.61. The van der Waals surface area contributed by atoms with Gasteiger partial charge >= 0.3 is 12.5 Å². The highest BCUT2D eigenvalue weighted by atomic mass is 19.4. The molecule has 2 rings (SSSR count). The summed E-state index contributed by atoms with van der Waals surface area (Å²) >= 11 is 0. The fourth-order valence-corrected chi connectivity index (χ4v) is 2.88. The summed E-state index contributed by atoms with van der Waals surface area (Å²) in [5.74, 6) is 1.87. The van der Waals surface area contributed by atoms with E-state index in [1.54, 1.807) is 0 Å². The Hall–Kier alpha value is -1.42. The molecule has 2 aliphatic rings. The highest BCUT2D eigenvalue weighted by Crippen LogP contribution is 2.45. The highest BCUT2D eigenvalue weighted by Gasteiger charge is 2.56. The third-order valence-corrected chi connectivity index (χ3v) is 3.47. The van der Waals surface area contributed by atoms with Gasteiger partial charge in [-0.3, -0.25) is 9.64 Å². The van der Waals surface area contributed by atoms with E-state index >= 15 is 0 Å². The lowest BCUT2D eigenvalue weighted by Crippen LogP contribution is -2.49. The average Bonchev–Trinajstić information content (AvgIpc) is 2.81. The number of methoxy groups -OCH3 is 1. The normalized spacial score (nSPS) is 34.5. The summed E-state index contributed by atoms with van der Waals surface area (Å²) in [4.78, 5) is 12.8. The number of halogens is 3. The molecule has 7 heteroatoms. The molecule has 1 saturated heterocycles. The second-order valence-corrected chi connectivity index (χ2v) is 4.38. The minimum Gasteiger partial charge on any atom is -0.453 e. The number of nitrogens with zero attached hydrogens (tertiary/aromatic N) is 1. The van der Waals surface area contributed by atoms with Crippen LogP contribution in [-0.4, -0.2) is 42.7 Å². The molecule has 0 aromatic carbocycles. The van der Waals surface area contributed by atoms with Gasteiger partial charge in [-0.25, -0.2) is 4.79 Å². The predicted molar refractivity (Wildman–Crippen MR) is 54.3 cm³/mol. The van der Waals surface area contributed by atoms with E-state index in [9.17, 15) is 18.0 Å². The van der Waals surface area contributed by atoms with Gasteiger partial charge in [-0.05, 0) is 12.8 Å². The van der Waals surface area contributed by atoms with Crippen LogP contribution in [0.1, 0.15) is 12.8 Å². The molecule has 100 valence electrons. The first-order chi connectivity index (χ1) is 8.37. The number of fused-ring (bicyclic) bond motifs is 2. The first kappa shape index (κ1) is 13.0. The topological polar surface area (TPSA) is 38.8 Å². The van der Waals surface area contributed by atoms with Gasteiger partial charge in [0.15, 0.2) is 0 Å². The lowest BCUT2D eigenvalue weighted by Gasteiger charge is -2.35. The van der Waals surface area contributed by atoms with Crippen molar-refractivity contribution in [1.82, 2.24) is 4.90 Å². The Kier molecular flexibility index (Phi) is 3.15. The Bertz CT molecular complexity index is 390. The molecule has 18 heavy (non-hydrogen) atoms. The van der Waals surface area contributed by atoms with E-state index in [0.717, 1.165) is 0 Å². The van der Waals surface area contributed by atoms with Gasteiger partial charge in [0, 0.05) is 12.0 Å². The smallest absolute Gasteiger partial charge is 0.453 e. The van der Waals surface area contributed by atoms with Crippen molar-refractivity contribution in [1.29, 1.82) is 0 Å². The molecule has 1 amide bonds. The van der Waals surface area contributed by atoms with Crippen LogP contribution >= 0.6 is 0 Å². The van der Waals surface area contributed by atoms with Gasteiger partial charge in [0.05, 0.1) is 13.2 Å². The molecule has 0 radical (unpaired) electrons. The highest BCUT2D eigenvalue weighted by molar-refractivity contribution is 5.70. The Balaban J connectivity index is 2.12. The van der Waals surface area contributed by atoms with Crippen molar-refractivity contribution in [2.75, 3.05) is 7.11 Å². The van der Waals surface area contributed by atoms with Gasteiger partial charge in [-0.1, -0.05) is 5.92 Å². The standard InChI is InChI=1S/C11H12F3NO3/c1-3-8-7-4-6(15(8)10(16)17-2)5-9(7)18-11(12,13)14/h1,6-9H,4-5H2,2H3/t6-,7-,8+,9+/m1/s1. The summed E-state index contributed by atoms with van der Waals surface area (Å²) in [7, 11) is 1.21. The van der Waals surface area contributed by atoms with Crippen LogP contribution in [0.5, 0.6) is 0 Å². The van der Waals surface area contributed by atoms with Crippen LogP contribution in [0.4, 0.5) is 18.0 Å². The number of ether oxygens (including phenoxy) is 2. The first-order valence-corrected chi connectivity index (χ1v) is 5.44. The molecule has 4 atom stereocenters. The molecule has 0 spiro atoms. The quantitative estimate of drug-likeness (QED) is 0.677. The van der Waals surface area contributed by atoms with E-state index in [1.165, 1.54) is 12.0 Å². The number of alkyl halides is 3. The zero-order chi connectivity index (χ0) is 13.5. The maximum atomic E-state index is 12.2. The predicted octanol–water partition coefficient (Wildman–Crippen LogP) is 1.75. The van der Waals surface area contributed by atoms with Crippen molar-refractivity contribution in [3.8, 4) is 12.3 Å². The van der Waals surface area contributed by atoms with Crippen LogP contribution in [0.25, 0.3) is 0 Å². The van der Waals surface area contributed by atoms with E-state index in [2.05, 4.69) is 15.4 Å². The van der Waals surface area contributed by atoms with Crippen molar-refractivity contribution >= 4 is 6.09 Å². The number of rotatable bonds is 1. The molecule has 1 saturated carbocycles. The van der Waals surface area contributed by atoms with E-state index < -0.39 is 30.5 Å². The van der Waals surface area contributed by atoms with Crippen molar-refractivity contribution in [2.45, 2.75) is 37.4 Å². The van der Waals surface area contributed by atoms with E-state index in [0.29, 0.717) is 6.42 Å². The van der Waals surface area contributed by atoms with Gasteiger partial charge in [0.1, 0.15) is 6.04 Å². The monoisotopic (exact) mass is 263 g/mol. The minimum atomic E-state index is -4.68. The SMILES string of the molecule is C#C[C@H]1[C@H]2C[C@H](C[C@@H]2OC(F)(F)F)N1C(=O)OC. The van der Waals surface area contributed by atoms with Gasteiger partial charge in [0.25, 0.3) is 0 Å². The molecule has 4 nitrogen and oxygen atoms in total. The third kappa shape index (κ3) is 2.12. The van der Waals surface area contributed by atoms with Crippen LogP contribution in [0.2, 0.25) is 0 Å². The Morgan fingerprint density at radius 3 is 2.61 bits per heavy atom. The van der Waals surface area contributed by atoms with Crippen LogP contribution in [0.3, 0.4) is 0 Å². The number of piperidine rings is 1. The number of likely N-dealkylation sites (tertiary alicyclic amines) is 1. The maximum Gasteiger partial charge on any atom is 0.522 e. The van der Waals surface area contributed by atoms with Crippen molar-refractivity contribution in [3.63, 3.8) is 0 Å². The van der Waals surface area contributed by atoms with Crippen molar-refractivity contribution in [3.05, 3.63) is 0 Å². The average molecular weight is 263 g/mol. The number of hydrogen-bond donors (Lipinski definition) is 0. The Morgan fingerprint density at radius 2 is 2.11 bits per heavy atom. The summed E-state index contributed by atoms with van der Waals surface area (Å²) in [5, 5.41) is 0. The van der Waals surface area contributed by atoms with Crippen LogP contribution in [0.15, 0.2) is 0 Å². The second-order valence-electron chi connectivity index (χ2n) is 4.38. The third-order valence-electron chi connectivity index (χ3n) is 3.47. The second kappa shape index (κ2) is 4.35. The molecule has 1 aliphatic carbocycles. The van der Waals surface area contributed by atoms with Crippen LogP contribution in [-0.2, 0) is 9.47 Å². The summed E-state index contributed by atoms with van der Waals surface area (Å²) < 4.78 is 45.3. The van der Waals surface area contributed by atoms with Crippen LogP contribution in [0, 0.1) is 18.3 Å². The van der Waals surface area contributed by atoms with Gasteiger partial charge in [0.2, 0.25) is 0 Å². The molecule has 0 unspecified atom stereocenters. The van der Waals surface area contributed by atoms with Crippen molar-refractivity contribution in [2.24, 2.45) is 5.92 Å². The van der Waals surface area contributed by atoms with E-state index in [-0.39, 0.29) is 12.5 Å². The first-order valence-electron chi connectivity index (χ1n) is 5.44. The van der Waals surface area contributed by atoms with Gasteiger partial charge < -0.3 is 4.74 Å². The molecule has 0 N–H and O–H groups in total. The van der Waals surface area contributed by atoms with E-state index in [4.69, 9.17) is 6.42 Å². The zero-order valence-corrected chi connectivity index (χ0v) is 9.61. The fourth-order valence-electron chi connectivity index (χ4n) is 2.88. The molecule has 2 bridgehead atoms. The van der Waals surface area contributed by atoms with Crippen LogP contribution < -0.4 is 0 Å². The van der Waals surface area contributed by atoms with Gasteiger partial charge in [-0.15, -0.1) is 19.6 Å². The molecule has 2 fully saturated rings. The summed E-state index contributed by atoms with van der Waals surface area (Å²) in [6.45, 7) is 0. The number of terminal acetylenes is 1. The maximum absolute atomic E-state index is 12.2. The summed E-state index contributed by atoms with van der Waals surface area (Å²) in [6.07, 6.45) is -0.402. The minimum absolute atomic E-state index is 0.136.